The molecule has 3 rings (SSSR count). The van der Waals surface area contributed by atoms with E-state index in [0.29, 0.717) is 10.3 Å². The van der Waals surface area contributed by atoms with E-state index >= 15 is 0 Å². The fourth-order valence-electron chi connectivity index (χ4n) is 1.68. The summed E-state index contributed by atoms with van der Waals surface area (Å²) < 4.78 is 1.80. The van der Waals surface area contributed by atoms with Gasteiger partial charge in [0.2, 0.25) is 0 Å². The first kappa shape index (κ1) is 11.0. The highest BCUT2D eigenvalue weighted by atomic mass is 79.9. The lowest BCUT2D eigenvalue weighted by Crippen LogP contribution is -1.98. The van der Waals surface area contributed by atoms with Crippen molar-refractivity contribution in [1.29, 1.82) is 0 Å². The number of aromatic amines is 1. The summed E-state index contributed by atoms with van der Waals surface area (Å²) in [6.07, 6.45) is 3.62. The molecule has 0 radical (unpaired) electrons. The SMILES string of the molecule is O=C(O)c1nc2ccc(-c3cc[nH]c3)nn2c1Br. The minimum absolute atomic E-state index is 0.0475. The van der Waals surface area contributed by atoms with Gasteiger partial charge in [0.15, 0.2) is 11.3 Å². The Morgan fingerprint density at radius 3 is 2.89 bits per heavy atom. The summed E-state index contributed by atoms with van der Waals surface area (Å²) in [6, 6.07) is 5.41. The third-order valence-electron chi connectivity index (χ3n) is 2.52. The van der Waals surface area contributed by atoms with Crippen molar-refractivity contribution in [3.63, 3.8) is 0 Å². The van der Waals surface area contributed by atoms with Crippen LogP contribution in [0.2, 0.25) is 0 Å². The molecule has 0 spiro atoms. The van der Waals surface area contributed by atoms with Crippen LogP contribution in [0.3, 0.4) is 0 Å². The topological polar surface area (TPSA) is 83.3 Å². The summed E-state index contributed by atoms with van der Waals surface area (Å²) in [5, 5.41) is 13.3. The number of fused-ring (bicyclic) bond motifs is 1. The van der Waals surface area contributed by atoms with Gasteiger partial charge in [0, 0.05) is 18.0 Å². The van der Waals surface area contributed by atoms with Crippen molar-refractivity contribution in [3.8, 4) is 11.3 Å². The average Bonchev–Trinajstić information content (AvgIpc) is 2.97. The van der Waals surface area contributed by atoms with Gasteiger partial charge in [-0.3, -0.25) is 0 Å². The van der Waals surface area contributed by atoms with Crippen LogP contribution in [-0.4, -0.2) is 30.7 Å². The monoisotopic (exact) mass is 306 g/mol. The van der Waals surface area contributed by atoms with E-state index in [4.69, 9.17) is 5.11 Å². The Morgan fingerprint density at radius 1 is 1.39 bits per heavy atom. The predicted molar refractivity (Wildman–Crippen MR) is 67.4 cm³/mol. The largest absolute Gasteiger partial charge is 0.476 e. The summed E-state index contributed by atoms with van der Waals surface area (Å²) in [4.78, 5) is 17.9. The fourth-order valence-corrected chi connectivity index (χ4v) is 2.20. The number of nitrogens with one attached hydrogen (secondary N) is 1. The predicted octanol–water partition coefficient (Wildman–Crippen LogP) is 2.19. The molecule has 0 aromatic carbocycles. The average molecular weight is 307 g/mol. The minimum Gasteiger partial charge on any atom is -0.476 e. The standard InChI is InChI=1S/C11H7BrN4O2/c12-10-9(11(17)18)14-8-2-1-7(15-16(8)10)6-3-4-13-5-6/h1-5,13H,(H,17,18). The van der Waals surface area contributed by atoms with Crippen LogP contribution in [0, 0.1) is 0 Å². The number of H-pyrrole nitrogens is 1. The number of aromatic carboxylic acids is 1. The number of carbonyl (C=O) groups is 1. The van der Waals surface area contributed by atoms with Gasteiger partial charge in [-0.2, -0.15) is 5.10 Å². The van der Waals surface area contributed by atoms with Crippen LogP contribution in [0.4, 0.5) is 0 Å². The second-order valence-corrected chi connectivity index (χ2v) is 4.40. The van der Waals surface area contributed by atoms with Crippen LogP contribution in [-0.2, 0) is 0 Å². The number of halogens is 1. The molecule has 0 fully saturated rings. The van der Waals surface area contributed by atoms with Crippen molar-refractivity contribution in [3.05, 3.63) is 40.9 Å². The van der Waals surface area contributed by atoms with E-state index in [0.717, 1.165) is 11.3 Å². The van der Waals surface area contributed by atoms with Crippen LogP contribution in [0.1, 0.15) is 10.5 Å². The van der Waals surface area contributed by atoms with E-state index in [-0.39, 0.29) is 5.69 Å². The highest BCUT2D eigenvalue weighted by Gasteiger charge is 2.17. The van der Waals surface area contributed by atoms with Gasteiger partial charge < -0.3 is 10.1 Å². The van der Waals surface area contributed by atoms with Crippen molar-refractivity contribution >= 4 is 27.5 Å². The molecule has 6 nitrogen and oxygen atoms in total. The molecule has 0 aliphatic heterocycles. The van der Waals surface area contributed by atoms with E-state index < -0.39 is 5.97 Å². The third kappa shape index (κ3) is 1.60. The van der Waals surface area contributed by atoms with Crippen molar-refractivity contribution in [1.82, 2.24) is 19.6 Å². The van der Waals surface area contributed by atoms with E-state index in [1.807, 2.05) is 12.3 Å². The van der Waals surface area contributed by atoms with Gasteiger partial charge >= 0.3 is 5.97 Å². The maximum atomic E-state index is 11.0. The molecule has 2 N–H and O–H groups in total. The lowest BCUT2D eigenvalue weighted by molar-refractivity contribution is 0.0690. The molecule has 0 bridgehead atoms. The van der Waals surface area contributed by atoms with E-state index in [1.165, 1.54) is 4.52 Å². The molecule has 3 aromatic rings. The number of nitrogens with zero attached hydrogens (tertiary/aromatic N) is 3. The van der Waals surface area contributed by atoms with Gasteiger partial charge in [0.1, 0.15) is 4.60 Å². The number of hydrogen-bond acceptors (Lipinski definition) is 3. The first-order valence-electron chi connectivity index (χ1n) is 5.08. The van der Waals surface area contributed by atoms with E-state index in [9.17, 15) is 4.79 Å². The summed E-state index contributed by atoms with van der Waals surface area (Å²) in [6.45, 7) is 0. The van der Waals surface area contributed by atoms with Gasteiger partial charge in [-0.15, -0.1) is 0 Å². The molecule has 7 heteroatoms. The molecular weight excluding hydrogens is 300 g/mol. The molecule has 0 saturated heterocycles. The molecular formula is C11H7BrN4O2. The third-order valence-corrected chi connectivity index (χ3v) is 3.23. The zero-order valence-corrected chi connectivity index (χ0v) is 10.5. The van der Waals surface area contributed by atoms with Crippen LogP contribution in [0.25, 0.3) is 16.9 Å². The number of rotatable bonds is 2. The Morgan fingerprint density at radius 2 is 2.22 bits per heavy atom. The van der Waals surface area contributed by atoms with Crippen molar-refractivity contribution in [2.75, 3.05) is 0 Å². The number of carboxylic acids is 1. The van der Waals surface area contributed by atoms with Crippen LogP contribution >= 0.6 is 15.9 Å². The first-order valence-corrected chi connectivity index (χ1v) is 5.88. The maximum Gasteiger partial charge on any atom is 0.357 e. The Kier molecular flexibility index (Phi) is 2.41. The van der Waals surface area contributed by atoms with Gasteiger partial charge in [-0.1, -0.05) is 0 Å². The smallest absolute Gasteiger partial charge is 0.357 e. The highest BCUT2D eigenvalue weighted by Crippen LogP contribution is 2.21. The second kappa shape index (κ2) is 3.95. The lowest BCUT2D eigenvalue weighted by Gasteiger charge is -1.98. The van der Waals surface area contributed by atoms with Crippen LogP contribution < -0.4 is 0 Å². The quantitative estimate of drug-likeness (QED) is 0.760. The Balaban J connectivity index is 2.23. The lowest BCUT2D eigenvalue weighted by atomic mass is 10.2. The fraction of sp³-hybridized carbons (Fsp3) is 0. The van der Waals surface area contributed by atoms with Gasteiger partial charge in [0.05, 0.1) is 5.69 Å². The highest BCUT2D eigenvalue weighted by molar-refractivity contribution is 9.10. The molecule has 0 amide bonds. The van der Waals surface area contributed by atoms with Gasteiger partial charge in [0.25, 0.3) is 0 Å². The summed E-state index contributed by atoms with van der Waals surface area (Å²) in [5.41, 5.74) is 2.10. The van der Waals surface area contributed by atoms with Crippen LogP contribution in [0.15, 0.2) is 35.2 Å². The maximum absolute atomic E-state index is 11.0. The molecule has 0 aliphatic rings. The van der Waals surface area contributed by atoms with Crippen molar-refractivity contribution < 1.29 is 9.90 Å². The number of aromatic nitrogens is 4. The summed E-state index contributed by atoms with van der Waals surface area (Å²) in [7, 11) is 0. The number of carboxylic acid groups (broad SMARTS) is 1. The second-order valence-electron chi connectivity index (χ2n) is 3.64. The van der Waals surface area contributed by atoms with E-state index in [2.05, 4.69) is 31.0 Å². The van der Waals surface area contributed by atoms with Crippen LogP contribution in [0.5, 0.6) is 0 Å². The molecule has 0 unspecified atom stereocenters. The Bertz CT molecular complexity index is 733. The van der Waals surface area contributed by atoms with Gasteiger partial charge in [-0.25, -0.2) is 14.3 Å². The Hall–Kier alpha value is -2.15. The zero-order chi connectivity index (χ0) is 12.7. The molecule has 18 heavy (non-hydrogen) atoms. The number of imidazole rings is 1. The molecule has 3 heterocycles. The van der Waals surface area contributed by atoms with E-state index in [1.54, 1.807) is 18.3 Å². The summed E-state index contributed by atoms with van der Waals surface area (Å²) >= 11 is 3.20. The normalized spacial score (nSPS) is 10.9. The first-order chi connectivity index (χ1) is 8.66. The van der Waals surface area contributed by atoms with Crippen molar-refractivity contribution in [2.45, 2.75) is 0 Å². The minimum atomic E-state index is -1.09. The Labute approximate surface area is 109 Å². The zero-order valence-electron chi connectivity index (χ0n) is 8.96. The molecule has 0 aliphatic carbocycles. The number of hydrogen-bond donors (Lipinski definition) is 2. The van der Waals surface area contributed by atoms with Gasteiger partial charge in [-0.05, 0) is 34.1 Å². The molecule has 3 aromatic heterocycles. The molecule has 90 valence electrons. The molecule has 0 saturated carbocycles. The summed E-state index contributed by atoms with van der Waals surface area (Å²) in [5.74, 6) is -1.09. The molecule has 0 atom stereocenters. The van der Waals surface area contributed by atoms with Crippen molar-refractivity contribution in [2.24, 2.45) is 0 Å².